The Bertz CT molecular complexity index is 1260. The SMILES string of the molecule is CCCCCCCCCCC/C=C\C/C=C\CCCCCCCCCCCCCCCCCCCC(=O)NC(COC1OC(CO)C(O)C(O)C1O)C(O)/C=C/CCCCCCCCCCCCCCCCCC. The Kier molecular flexibility index (Phi) is 52.1. The van der Waals surface area contributed by atoms with Gasteiger partial charge in [0.25, 0.3) is 0 Å². The largest absolute Gasteiger partial charge is 0.394 e. The van der Waals surface area contributed by atoms with Crippen LogP contribution in [0, 0.1) is 0 Å². The number of rotatable bonds is 56. The highest BCUT2D eigenvalue weighted by molar-refractivity contribution is 5.76. The second kappa shape index (κ2) is 54.8. The molecule has 74 heavy (non-hydrogen) atoms. The van der Waals surface area contributed by atoms with Crippen molar-refractivity contribution in [2.75, 3.05) is 13.2 Å². The Morgan fingerprint density at radius 2 is 0.797 bits per heavy atom. The van der Waals surface area contributed by atoms with Crippen molar-refractivity contribution in [1.82, 2.24) is 5.32 Å². The first-order valence-corrected chi connectivity index (χ1v) is 32.2. The summed E-state index contributed by atoms with van der Waals surface area (Å²) in [4.78, 5) is 13.1. The van der Waals surface area contributed by atoms with Gasteiger partial charge in [-0.05, 0) is 51.4 Å². The standard InChI is InChI=1S/C65H123NO8/c1-3-5-7-9-11-13-15-17-19-21-23-24-25-26-27-28-29-30-31-32-33-34-35-36-37-39-41-43-45-47-49-51-53-55-61(69)66-58(57-73-65-64(72)63(71)62(70)60(56-67)74-65)59(68)54-52-50-48-46-44-42-40-38-22-20-18-16-14-12-10-8-6-4-2/h23-24,26-27,52,54,58-60,62-65,67-68,70-72H,3-22,25,28-51,53,55-57H2,1-2H3,(H,66,69)/b24-23-,27-26-,54-52+. The van der Waals surface area contributed by atoms with Crippen LogP contribution in [0.5, 0.6) is 0 Å². The van der Waals surface area contributed by atoms with Crippen LogP contribution in [0.25, 0.3) is 0 Å². The van der Waals surface area contributed by atoms with Crippen LogP contribution in [-0.4, -0.2) is 87.5 Å². The van der Waals surface area contributed by atoms with Crippen LogP contribution in [0.4, 0.5) is 0 Å². The van der Waals surface area contributed by atoms with Gasteiger partial charge in [-0.2, -0.15) is 0 Å². The maximum absolute atomic E-state index is 13.1. The molecule has 0 aliphatic carbocycles. The Morgan fingerprint density at radius 1 is 0.459 bits per heavy atom. The Balaban J connectivity index is 2.12. The van der Waals surface area contributed by atoms with Crippen molar-refractivity contribution in [1.29, 1.82) is 0 Å². The summed E-state index contributed by atoms with van der Waals surface area (Å²) in [5, 5.41) is 54.6. The summed E-state index contributed by atoms with van der Waals surface area (Å²) in [5.74, 6) is -0.172. The van der Waals surface area contributed by atoms with Gasteiger partial charge in [-0.1, -0.05) is 294 Å². The molecule has 0 aromatic rings. The van der Waals surface area contributed by atoms with Gasteiger partial charge >= 0.3 is 0 Å². The van der Waals surface area contributed by atoms with E-state index in [0.29, 0.717) is 6.42 Å². The van der Waals surface area contributed by atoms with Gasteiger partial charge in [-0.3, -0.25) is 4.79 Å². The summed E-state index contributed by atoms with van der Waals surface area (Å²) in [5.41, 5.74) is 0. The van der Waals surface area contributed by atoms with E-state index in [-0.39, 0.29) is 12.5 Å². The Morgan fingerprint density at radius 3 is 1.16 bits per heavy atom. The van der Waals surface area contributed by atoms with Crippen molar-refractivity contribution in [3.05, 3.63) is 36.5 Å². The lowest BCUT2D eigenvalue weighted by atomic mass is 9.99. The second-order valence-electron chi connectivity index (χ2n) is 22.6. The van der Waals surface area contributed by atoms with Crippen molar-refractivity contribution >= 4 is 5.91 Å². The van der Waals surface area contributed by atoms with Crippen LogP contribution in [0.3, 0.4) is 0 Å². The maximum Gasteiger partial charge on any atom is 0.220 e. The van der Waals surface area contributed by atoms with Gasteiger partial charge < -0.3 is 40.3 Å². The zero-order valence-corrected chi connectivity index (χ0v) is 48.6. The van der Waals surface area contributed by atoms with Crippen molar-refractivity contribution in [2.45, 2.75) is 358 Å². The molecule has 1 heterocycles. The van der Waals surface area contributed by atoms with Crippen molar-refractivity contribution in [3.8, 4) is 0 Å². The Hall–Kier alpha value is -1.59. The number of allylic oxidation sites excluding steroid dienone is 5. The van der Waals surface area contributed by atoms with Crippen LogP contribution in [-0.2, 0) is 14.3 Å². The van der Waals surface area contributed by atoms with E-state index in [2.05, 4.69) is 43.5 Å². The molecule has 6 N–H and O–H groups in total. The summed E-state index contributed by atoms with van der Waals surface area (Å²) >= 11 is 0. The first-order valence-electron chi connectivity index (χ1n) is 32.2. The number of nitrogens with one attached hydrogen (secondary N) is 1. The number of hydrogen-bond donors (Lipinski definition) is 6. The van der Waals surface area contributed by atoms with Gasteiger partial charge in [0.15, 0.2) is 6.29 Å². The van der Waals surface area contributed by atoms with Crippen LogP contribution < -0.4 is 5.32 Å². The van der Waals surface area contributed by atoms with Gasteiger partial charge in [0.2, 0.25) is 5.91 Å². The molecule has 1 saturated heterocycles. The van der Waals surface area contributed by atoms with Crippen LogP contribution in [0.1, 0.15) is 316 Å². The maximum atomic E-state index is 13.1. The minimum atomic E-state index is -1.57. The smallest absolute Gasteiger partial charge is 0.220 e. The predicted octanol–water partition coefficient (Wildman–Crippen LogP) is 16.7. The molecule has 436 valence electrons. The molecule has 1 aliphatic heterocycles. The van der Waals surface area contributed by atoms with E-state index in [1.165, 1.54) is 250 Å². The third kappa shape index (κ3) is 43.4. The van der Waals surface area contributed by atoms with E-state index < -0.39 is 49.5 Å². The highest BCUT2D eigenvalue weighted by atomic mass is 16.7. The van der Waals surface area contributed by atoms with Crippen molar-refractivity contribution < 1.29 is 39.8 Å². The lowest BCUT2D eigenvalue weighted by Crippen LogP contribution is -2.60. The predicted molar refractivity (Wildman–Crippen MR) is 313 cm³/mol. The number of carbonyl (C=O) groups is 1. The first-order chi connectivity index (χ1) is 36.3. The van der Waals surface area contributed by atoms with Gasteiger partial charge in [-0.25, -0.2) is 0 Å². The van der Waals surface area contributed by atoms with E-state index in [1.807, 2.05) is 6.08 Å². The Labute approximate surface area is 457 Å². The summed E-state index contributed by atoms with van der Waals surface area (Å²) in [6.45, 7) is 3.82. The van der Waals surface area contributed by atoms with Gasteiger partial charge in [0.1, 0.15) is 24.4 Å². The number of amides is 1. The second-order valence-corrected chi connectivity index (χ2v) is 22.6. The molecule has 0 aromatic carbocycles. The third-order valence-corrected chi connectivity index (χ3v) is 15.5. The van der Waals surface area contributed by atoms with Crippen LogP contribution >= 0.6 is 0 Å². The van der Waals surface area contributed by atoms with Gasteiger partial charge in [0.05, 0.1) is 25.4 Å². The molecule has 0 radical (unpaired) electrons. The summed E-state index contributed by atoms with van der Waals surface area (Å²) in [6.07, 6.45) is 65.2. The average Bonchev–Trinajstić information content (AvgIpc) is 3.40. The molecule has 1 fully saturated rings. The lowest BCUT2D eigenvalue weighted by molar-refractivity contribution is -0.302. The lowest BCUT2D eigenvalue weighted by Gasteiger charge is -2.40. The third-order valence-electron chi connectivity index (χ3n) is 15.5. The average molecular weight is 1050 g/mol. The fourth-order valence-electron chi connectivity index (χ4n) is 10.4. The normalized spacial score (nSPS) is 19.1. The fourth-order valence-corrected chi connectivity index (χ4v) is 10.4. The zero-order chi connectivity index (χ0) is 53.6. The fraction of sp³-hybridized carbons (Fsp3) is 0.892. The van der Waals surface area contributed by atoms with E-state index >= 15 is 0 Å². The van der Waals surface area contributed by atoms with E-state index in [4.69, 9.17) is 9.47 Å². The molecule has 1 rings (SSSR count). The minimum Gasteiger partial charge on any atom is -0.394 e. The summed E-state index contributed by atoms with van der Waals surface area (Å²) < 4.78 is 11.3. The topological polar surface area (TPSA) is 149 Å². The number of carbonyl (C=O) groups excluding carboxylic acids is 1. The molecule has 0 bridgehead atoms. The molecule has 0 saturated carbocycles. The number of aliphatic hydroxyl groups excluding tert-OH is 5. The number of hydrogen-bond acceptors (Lipinski definition) is 8. The molecule has 9 nitrogen and oxygen atoms in total. The summed E-state index contributed by atoms with van der Waals surface area (Å²) in [6, 6.07) is -0.804. The molecule has 7 atom stereocenters. The minimum absolute atomic E-state index is 0.172. The first kappa shape index (κ1) is 70.4. The summed E-state index contributed by atoms with van der Waals surface area (Å²) in [7, 11) is 0. The highest BCUT2D eigenvalue weighted by Gasteiger charge is 2.44. The molecule has 7 unspecified atom stereocenters. The quantitative estimate of drug-likeness (QED) is 0.0261. The highest BCUT2D eigenvalue weighted by Crippen LogP contribution is 2.23. The van der Waals surface area contributed by atoms with Crippen LogP contribution in [0.15, 0.2) is 36.5 Å². The molecular weight excluding hydrogens is 923 g/mol. The number of unbranched alkanes of at least 4 members (excludes halogenated alkanes) is 42. The van der Waals surface area contributed by atoms with Gasteiger partial charge in [0, 0.05) is 6.42 Å². The molecule has 0 aromatic heterocycles. The molecular formula is C65H123NO8. The zero-order valence-electron chi connectivity index (χ0n) is 48.6. The van der Waals surface area contributed by atoms with E-state index in [1.54, 1.807) is 6.08 Å². The van der Waals surface area contributed by atoms with E-state index in [9.17, 15) is 30.3 Å². The molecule has 0 spiro atoms. The van der Waals surface area contributed by atoms with Crippen molar-refractivity contribution in [2.24, 2.45) is 0 Å². The molecule has 9 heteroatoms. The molecule has 1 amide bonds. The van der Waals surface area contributed by atoms with Crippen LogP contribution in [0.2, 0.25) is 0 Å². The number of ether oxygens (including phenoxy) is 2. The van der Waals surface area contributed by atoms with E-state index in [0.717, 1.165) is 44.9 Å². The molecule has 1 aliphatic rings. The monoisotopic (exact) mass is 1050 g/mol. The number of aliphatic hydroxyl groups is 5. The van der Waals surface area contributed by atoms with Crippen molar-refractivity contribution in [3.63, 3.8) is 0 Å². The van der Waals surface area contributed by atoms with Gasteiger partial charge in [-0.15, -0.1) is 0 Å².